The Morgan fingerprint density at radius 2 is 1.83 bits per heavy atom. The van der Waals surface area contributed by atoms with Crippen LogP contribution < -0.4 is 9.64 Å². The van der Waals surface area contributed by atoms with Crippen LogP contribution in [0.3, 0.4) is 0 Å². The summed E-state index contributed by atoms with van der Waals surface area (Å²) in [6.07, 6.45) is 0. The molecule has 1 aromatic heterocycles. The van der Waals surface area contributed by atoms with E-state index in [0.29, 0.717) is 22.6 Å². The van der Waals surface area contributed by atoms with Gasteiger partial charge in [-0.2, -0.15) is 0 Å². The third kappa shape index (κ3) is 3.14. The zero-order chi connectivity index (χ0) is 21.4. The summed E-state index contributed by atoms with van der Waals surface area (Å²) in [5, 5.41) is 15.0. The van der Waals surface area contributed by atoms with Crippen LogP contribution in [0.2, 0.25) is 0 Å². The van der Waals surface area contributed by atoms with Gasteiger partial charge < -0.3 is 14.4 Å². The fraction of sp³-hybridized carbons (Fsp3) is 0.174. The van der Waals surface area contributed by atoms with Gasteiger partial charge in [0.15, 0.2) is 5.82 Å². The van der Waals surface area contributed by atoms with E-state index in [-0.39, 0.29) is 17.2 Å². The van der Waals surface area contributed by atoms with E-state index in [1.807, 2.05) is 13.0 Å². The molecule has 0 saturated carbocycles. The number of methoxy groups -OCH3 is 1. The molecule has 2 aromatic carbocycles. The van der Waals surface area contributed by atoms with Crippen LogP contribution >= 0.6 is 0 Å². The molecular weight excluding hydrogens is 384 g/mol. The number of amides is 1. The van der Waals surface area contributed by atoms with Crippen LogP contribution in [0, 0.1) is 13.8 Å². The standard InChI is InChI=1S/C23H20N2O5/c1-13-11-16(9-10-17(13)29-3)21(26)19-20(15-7-5-4-6-8-15)25(23(28)22(19)27)18-12-14(2)30-24-18/h4-12,20,26H,1-3H3/t20-/m0/s1. The van der Waals surface area contributed by atoms with Gasteiger partial charge in [-0.1, -0.05) is 35.5 Å². The molecular formula is C23H20N2O5. The van der Waals surface area contributed by atoms with Gasteiger partial charge in [0.05, 0.1) is 18.7 Å². The van der Waals surface area contributed by atoms with E-state index >= 15 is 0 Å². The maximum atomic E-state index is 13.0. The average molecular weight is 404 g/mol. The second-order valence-electron chi connectivity index (χ2n) is 7.06. The normalized spacial score (nSPS) is 18.1. The smallest absolute Gasteiger partial charge is 0.301 e. The number of carbonyl (C=O) groups is 2. The van der Waals surface area contributed by atoms with Crippen LogP contribution in [0.4, 0.5) is 5.82 Å². The predicted molar refractivity (Wildman–Crippen MR) is 110 cm³/mol. The number of hydrogen-bond donors (Lipinski definition) is 1. The number of aryl methyl sites for hydroxylation is 2. The first-order valence-corrected chi connectivity index (χ1v) is 9.36. The quantitative estimate of drug-likeness (QED) is 0.402. The van der Waals surface area contributed by atoms with Crippen molar-refractivity contribution in [2.75, 3.05) is 12.0 Å². The van der Waals surface area contributed by atoms with Gasteiger partial charge in [-0.3, -0.25) is 14.5 Å². The number of nitrogens with zero attached hydrogens (tertiary/aromatic N) is 2. The highest BCUT2D eigenvalue weighted by Crippen LogP contribution is 2.42. The van der Waals surface area contributed by atoms with Crippen molar-refractivity contribution < 1.29 is 24.0 Å². The Hall–Kier alpha value is -3.87. The van der Waals surface area contributed by atoms with Crippen LogP contribution in [0.5, 0.6) is 5.75 Å². The monoisotopic (exact) mass is 404 g/mol. The minimum absolute atomic E-state index is 0.00331. The molecule has 1 atom stereocenters. The summed E-state index contributed by atoms with van der Waals surface area (Å²) in [4.78, 5) is 27.2. The first-order valence-electron chi connectivity index (χ1n) is 9.36. The number of aliphatic hydroxyl groups is 1. The summed E-state index contributed by atoms with van der Waals surface area (Å²) in [5.41, 5.74) is 1.88. The molecule has 2 heterocycles. The van der Waals surface area contributed by atoms with Crippen molar-refractivity contribution in [1.82, 2.24) is 5.16 Å². The number of Topliss-reactive ketones (excluding diaryl/α,β-unsaturated/α-hetero) is 1. The summed E-state index contributed by atoms with van der Waals surface area (Å²) in [5.74, 6) is -0.433. The minimum Gasteiger partial charge on any atom is -0.507 e. The van der Waals surface area contributed by atoms with Gasteiger partial charge in [-0.05, 0) is 43.2 Å². The number of rotatable bonds is 4. The second kappa shape index (κ2) is 7.51. The van der Waals surface area contributed by atoms with Crippen LogP contribution in [0.25, 0.3) is 5.76 Å². The zero-order valence-electron chi connectivity index (χ0n) is 16.7. The van der Waals surface area contributed by atoms with E-state index < -0.39 is 17.7 Å². The Bertz CT molecular complexity index is 1160. The van der Waals surface area contributed by atoms with Gasteiger partial charge >= 0.3 is 5.91 Å². The summed E-state index contributed by atoms with van der Waals surface area (Å²) in [6.45, 7) is 3.53. The maximum absolute atomic E-state index is 13.0. The second-order valence-corrected chi connectivity index (χ2v) is 7.06. The average Bonchev–Trinajstić information content (AvgIpc) is 3.29. The van der Waals surface area contributed by atoms with Gasteiger partial charge in [0.1, 0.15) is 17.3 Å². The fourth-order valence-electron chi connectivity index (χ4n) is 3.67. The number of carbonyl (C=O) groups excluding carboxylic acids is 2. The van der Waals surface area contributed by atoms with E-state index in [2.05, 4.69) is 5.16 Å². The van der Waals surface area contributed by atoms with Crippen molar-refractivity contribution in [1.29, 1.82) is 0 Å². The molecule has 7 nitrogen and oxygen atoms in total. The van der Waals surface area contributed by atoms with Crippen molar-refractivity contribution in [3.8, 4) is 5.75 Å². The lowest BCUT2D eigenvalue weighted by atomic mass is 9.95. The van der Waals surface area contributed by atoms with E-state index in [9.17, 15) is 14.7 Å². The number of hydrogen-bond acceptors (Lipinski definition) is 6. The number of anilines is 1. The lowest BCUT2D eigenvalue weighted by Gasteiger charge is -2.22. The summed E-state index contributed by atoms with van der Waals surface area (Å²) >= 11 is 0. The van der Waals surface area contributed by atoms with Gasteiger partial charge in [0, 0.05) is 11.6 Å². The Morgan fingerprint density at radius 3 is 2.43 bits per heavy atom. The third-order valence-corrected chi connectivity index (χ3v) is 5.09. The molecule has 30 heavy (non-hydrogen) atoms. The van der Waals surface area contributed by atoms with E-state index in [1.54, 1.807) is 62.6 Å². The van der Waals surface area contributed by atoms with Gasteiger partial charge in [0.2, 0.25) is 0 Å². The van der Waals surface area contributed by atoms with Gasteiger partial charge in [-0.15, -0.1) is 0 Å². The lowest BCUT2D eigenvalue weighted by molar-refractivity contribution is -0.132. The minimum atomic E-state index is -0.835. The van der Waals surface area contributed by atoms with Crippen molar-refractivity contribution in [2.24, 2.45) is 0 Å². The molecule has 0 radical (unpaired) electrons. The van der Waals surface area contributed by atoms with Gasteiger partial charge in [-0.25, -0.2) is 0 Å². The number of ketones is 1. The first kappa shape index (κ1) is 19.4. The highest BCUT2D eigenvalue weighted by molar-refractivity contribution is 6.51. The predicted octanol–water partition coefficient (Wildman–Crippen LogP) is 3.93. The largest absolute Gasteiger partial charge is 0.507 e. The van der Waals surface area contributed by atoms with Crippen molar-refractivity contribution in [3.05, 3.63) is 82.6 Å². The van der Waals surface area contributed by atoms with Crippen LogP contribution in [-0.4, -0.2) is 29.1 Å². The molecule has 0 aliphatic carbocycles. The molecule has 0 spiro atoms. The highest BCUT2D eigenvalue weighted by atomic mass is 16.5. The zero-order valence-corrected chi connectivity index (χ0v) is 16.7. The SMILES string of the molecule is COc1ccc(C(O)=C2C(=O)C(=O)N(c3cc(C)on3)[C@H]2c2ccccc2)cc1C. The summed E-state index contributed by atoms with van der Waals surface area (Å²) in [6, 6.07) is 14.9. The molecule has 1 amide bonds. The number of aromatic nitrogens is 1. The number of benzene rings is 2. The van der Waals surface area contributed by atoms with Crippen LogP contribution in [0.1, 0.15) is 28.5 Å². The van der Waals surface area contributed by atoms with Crippen molar-refractivity contribution in [2.45, 2.75) is 19.9 Å². The molecule has 0 bridgehead atoms. The lowest BCUT2D eigenvalue weighted by Crippen LogP contribution is -2.29. The molecule has 152 valence electrons. The Kier molecular flexibility index (Phi) is 4.87. The Balaban J connectivity index is 1.92. The van der Waals surface area contributed by atoms with E-state index in [4.69, 9.17) is 9.26 Å². The topological polar surface area (TPSA) is 92.9 Å². The Labute approximate surface area is 173 Å². The molecule has 1 N–H and O–H groups in total. The summed E-state index contributed by atoms with van der Waals surface area (Å²) in [7, 11) is 1.56. The van der Waals surface area contributed by atoms with Crippen molar-refractivity contribution in [3.63, 3.8) is 0 Å². The highest BCUT2D eigenvalue weighted by Gasteiger charge is 2.48. The molecule has 1 aliphatic heterocycles. The molecule has 0 unspecified atom stereocenters. The molecule has 1 aliphatic rings. The molecule has 7 heteroatoms. The Morgan fingerprint density at radius 1 is 1.10 bits per heavy atom. The van der Waals surface area contributed by atoms with E-state index in [1.165, 1.54) is 4.90 Å². The molecule has 4 rings (SSSR count). The fourth-order valence-corrected chi connectivity index (χ4v) is 3.67. The number of ether oxygens (including phenoxy) is 1. The van der Waals surface area contributed by atoms with Crippen LogP contribution in [0.15, 0.2) is 64.7 Å². The van der Waals surface area contributed by atoms with Crippen LogP contribution in [-0.2, 0) is 9.59 Å². The molecule has 1 saturated heterocycles. The first-order chi connectivity index (χ1) is 14.4. The molecule has 1 fully saturated rings. The van der Waals surface area contributed by atoms with E-state index in [0.717, 1.165) is 5.56 Å². The van der Waals surface area contributed by atoms with Crippen molar-refractivity contribution >= 4 is 23.3 Å². The molecule has 3 aromatic rings. The number of aliphatic hydroxyl groups excluding tert-OH is 1. The maximum Gasteiger partial charge on any atom is 0.301 e. The summed E-state index contributed by atoms with van der Waals surface area (Å²) < 4.78 is 10.4. The van der Waals surface area contributed by atoms with Gasteiger partial charge in [0.25, 0.3) is 5.78 Å². The third-order valence-electron chi connectivity index (χ3n) is 5.09.